The molecule has 0 amide bonds. The van der Waals surface area contributed by atoms with Gasteiger partial charge in [0.1, 0.15) is 28.9 Å². The molecule has 0 aliphatic heterocycles. The lowest BCUT2D eigenvalue weighted by molar-refractivity contribution is -0.124. The van der Waals surface area contributed by atoms with Crippen molar-refractivity contribution >= 4 is 27.7 Å². The van der Waals surface area contributed by atoms with Gasteiger partial charge in [0.15, 0.2) is 0 Å². The highest BCUT2D eigenvalue weighted by Crippen LogP contribution is 2.11. The van der Waals surface area contributed by atoms with Crippen molar-refractivity contribution in [1.82, 2.24) is 0 Å². The van der Waals surface area contributed by atoms with Gasteiger partial charge >= 0.3 is 10.4 Å². The molecule has 0 bridgehead atoms. The predicted molar refractivity (Wildman–Crippen MR) is 87.2 cm³/mol. The highest BCUT2D eigenvalue weighted by Gasteiger charge is 2.12. The Hall–Kier alpha value is -1.84. The van der Waals surface area contributed by atoms with Gasteiger partial charge in [-0.1, -0.05) is 0 Å². The van der Waals surface area contributed by atoms with Crippen LogP contribution in [-0.2, 0) is 46.0 Å². The molecule has 1 rings (SSSR count). The van der Waals surface area contributed by atoms with E-state index in [2.05, 4.69) is 8.37 Å². The lowest BCUT2D eigenvalue weighted by Crippen LogP contribution is -2.10. The summed E-state index contributed by atoms with van der Waals surface area (Å²) in [5, 5.41) is 0. The first kappa shape index (κ1) is 21.2. The minimum absolute atomic E-state index is 0.0277. The normalized spacial score (nSPS) is 11.4. The van der Waals surface area contributed by atoms with E-state index in [1.165, 1.54) is 6.92 Å². The number of furan rings is 1. The molecule has 0 N–H and O–H groups in total. The Balaban J connectivity index is 2.23. The van der Waals surface area contributed by atoms with Crippen molar-refractivity contribution in [3.63, 3.8) is 0 Å². The SMILES string of the molecule is COS(=O)(=O)OCCCC(=O)CCC(=O)Cc1ccc(CC(C)=O)o1. The molecule has 25 heavy (non-hydrogen) atoms. The van der Waals surface area contributed by atoms with Gasteiger partial charge in [0.2, 0.25) is 0 Å². The number of rotatable bonds is 13. The maximum atomic E-state index is 11.8. The zero-order valence-corrected chi connectivity index (χ0v) is 15.1. The molecule has 0 aromatic carbocycles. The van der Waals surface area contributed by atoms with Crippen LogP contribution in [0.4, 0.5) is 0 Å². The Bertz CT molecular complexity index is 701. The molecule has 0 aliphatic carbocycles. The monoisotopic (exact) mass is 374 g/mol. The van der Waals surface area contributed by atoms with Gasteiger partial charge in [0, 0.05) is 19.3 Å². The lowest BCUT2D eigenvalue weighted by Gasteiger charge is -2.03. The Morgan fingerprint density at radius 1 is 1.00 bits per heavy atom. The van der Waals surface area contributed by atoms with Gasteiger partial charge in [-0.05, 0) is 25.5 Å². The molecular weight excluding hydrogens is 352 g/mol. The minimum Gasteiger partial charge on any atom is -0.465 e. The lowest BCUT2D eigenvalue weighted by atomic mass is 10.1. The van der Waals surface area contributed by atoms with Crippen molar-refractivity contribution in [3.8, 4) is 0 Å². The zero-order valence-electron chi connectivity index (χ0n) is 14.3. The summed E-state index contributed by atoms with van der Waals surface area (Å²) in [4.78, 5) is 34.5. The van der Waals surface area contributed by atoms with E-state index < -0.39 is 10.4 Å². The molecule has 0 saturated heterocycles. The van der Waals surface area contributed by atoms with Crippen LogP contribution in [-0.4, -0.2) is 39.5 Å². The first-order valence-corrected chi connectivity index (χ1v) is 9.10. The second-order valence-corrected chi connectivity index (χ2v) is 6.89. The quantitative estimate of drug-likeness (QED) is 0.478. The maximum Gasteiger partial charge on any atom is 0.399 e. The van der Waals surface area contributed by atoms with Crippen LogP contribution in [0.5, 0.6) is 0 Å². The summed E-state index contributed by atoms with van der Waals surface area (Å²) in [6.45, 7) is 1.30. The minimum atomic E-state index is -3.98. The number of carbonyl (C=O) groups is 3. The summed E-state index contributed by atoms with van der Waals surface area (Å²) < 4.78 is 35.7. The molecule has 0 aliphatic rings. The molecule has 0 saturated carbocycles. The second kappa shape index (κ2) is 10.2. The van der Waals surface area contributed by atoms with E-state index in [0.29, 0.717) is 11.5 Å². The first-order valence-electron chi connectivity index (χ1n) is 7.77. The van der Waals surface area contributed by atoms with Crippen molar-refractivity contribution in [2.75, 3.05) is 13.7 Å². The van der Waals surface area contributed by atoms with Crippen molar-refractivity contribution in [1.29, 1.82) is 0 Å². The molecule has 9 heteroatoms. The van der Waals surface area contributed by atoms with Gasteiger partial charge < -0.3 is 4.42 Å². The van der Waals surface area contributed by atoms with Crippen molar-refractivity contribution in [3.05, 3.63) is 23.7 Å². The molecule has 0 radical (unpaired) electrons. The molecule has 8 nitrogen and oxygen atoms in total. The number of carbonyl (C=O) groups excluding carboxylic acids is 3. The summed E-state index contributed by atoms with van der Waals surface area (Å²) in [6.07, 6.45) is 0.766. The first-order chi connectivity index (χ1) is 11.7. The summed E-state index contributed by atoms with van der Waals surface area (Å²) in [7, 11) is -3.00. The van der Waals surface area contributed by atoms with E-state index in [1.807, 2.05) is 0 Å². The van der Waals surface area contributed by atoms with E-state index in [0.717, 1.165) is 7.11 Å². The third kappa shape index (κ3) is 9.28. The molecule has 1 aromatic rings. The molecule has 0 unspecified atom stereocenters. The van der Waals surface area contributed by atoms with Gasteiger partial charge in [-0.25, -0.2) is 4.18 Å². The highest BCUT2D eigenvalue weighted by atomic mass is 32.3. The molecule has 0 spiro atoms. The fourth-order valence-corrected chi connectivity index (χ4v) is 2.44. The summed E-state index contributed by atoms with van der Waals surface area (Å²) in [5.74, 6) is 0.656. The molecule has 0 fully saturated rings. The fraction of sp³-hybridized carbons (Fsp3) is 0.562. The maximum absolute atomic E-state index is 11.8. The summed E-state index contributed by atoms with van der Waals surface area (Å²) in [5.41, 5.74) is 0. The zero-order chi connectivity index (χ0) is 18.9. The van der Waals surface area contributed by atoms with Crippen LogP contribution in [0.25, 0.3) is 0 Å². The number of hydrogen-bond donors (Lipinski definition) is 0. The van der Waals surface area contributed by atoms with E-state index in [4.69, 9.17) is 4.42 Å². The van der Waals surface area contributed by atoms with E-state index in [-0.39, 0.29) is 62.5 Å². The standard InChI is InChI=1S/C16H22O8S/c1-12(17)10-15-7-8-16(24-15)11-14(19)6-5-13(18)4-3-9-23-25(20,21)22-2/h7-8H,3-6,9-11H2,1-2H3. The third-order valence-corrected chi connectivity index (χ3v) is 4.09. The molecule has 140 valence electrons. The van der Waals surface area contributed by atoms with Crippen molar-refractivity contribution in [2.24, 2.45) is 0 Å². The smallest absolute Gasteiger partial charge is 0.399 e. The van der Waals surface area contributed by atoms with Crippen LogP contribution in [0, 0.1) is 0 Å². The van der Waals surface area contributed by atoms with E-state index in [9.17, 15) is 22.8 Å². The van der Waals surface area contributed by atoms with E-state index >= 15 is 0 Å². The second-order valence-electron chi connectivity index (χ2n) is 5.50. The largest absolute Gasteiger partial charge is 0.465 e. The molecule has 0 atom stereocenters. The highest BCUT2D eigenvalue weighted by molar-refractivity contribution is 7.81. The van der Waals surface area contributed by atoms with Crippen molar-refractivity contribution in [2.45, 2.75) is 45.4 Å². The molecule has 1 aromatic heterocycles. The van der Waals surface area contributed by atoms with Crippen molar-refractivity contribution < 1.29 is 35.6 Å². The summed E-state index contributed by atoms with van der Waals surface area (Å²) in [6, 6.07) is 3.30. The average molecular weight is 374 g/mol. The van der Waals surface area contributed by atoms with Crippen LogP contribution in [0.1, 0.15) is 44.1 Å². The van der Waals surface area contributed by atoms with Gasteiger partial charge in [-0.2, -0.15) is 8.42 Å². The fourth-order valence-electron chi connectivity index (χ4n) is 2.02. The Kier molecular flexibility index (Phi) is 8.67. The third-order valence-electron chi connectivity index (χ3n) is 3.23. The predicted octanol–water partition coefficient (Wildman–Crippen LogP) is 1.56. The van der Waals surface area contributed by atoms with Crippen LogP contribution >= 0.6 is 0 Å². The Labute approximate surface area is 146 Å². The van der Waals surface area contributed by atoms with Crippen LogP contribution < -0.4 is 0 Å². The number of Topliss-reactive ketones (excluding diaryl/α,β-unsaturated/α-hetero) is 3. The van der Waals surface area contributed by atoms with Crippen LogP contribution in [0.3, 0.4) is 0 Å². The van der Waals surface area contributed by atoms with Gasteiger partial charge in [0.05, 0.1) is 26.6 Å². The van der Waals surface area contributed by atoms with Crippen LogP contribution in [0.15, 0.2) is 16.5 Å². The van der Waals surface area contributed by atoms with E-state index in [1.54, 1.807) is 12.1 Å². The van der Waals surface area contributed by atoms with Gasteiger partial charge in [-0.3, -0.25) is 18.6 Å². The van der Waals surface area contributed by atoms with Crippen LogP contribution in [0.2, 0.25) is 0 Å². The topological polar surface area (TPSA) is 117 Å². The Morgan fingerprint density at radius 2 is 1.60 bits per heavy atom. The summed E-state index contributed by atoms with van der Waals surface area (Å²) >= 11 is 0. The number of hydrogen-bond acceptors (Lipinski definition) is 8. The molecule has 1 heterocycles. The molecular formula is C16H22O8S. The van der Waals surface area contributed by atoms with Gasteiger partial charge in [-0.15, -0.1) is 0 Å². The van der Waals surface area contributed by atoms with Gasteiger partial charge in [0.25, 0.3) is 0 Å². The Morgan fingerprint density at radius 3 is 2.20 bits per heavy atom. The number of ketones is 3. The average Bonchev–Trinajstić information content (AvgIpc) is 2.95.